The molecule has 0 spiro atoms. The van der Waals surface area contributed by atoms with E-state index in [-0.39, 0.29) is 6.04 Å². The van der Waals surface area contributed by atoms with Gasteiger partial charge in [-0.1, -0.05) is 13.0 Å². The molecule has 0 aliphatic carbocycles. The van der Waals surface area contributed by atoms with Crippen LogP contribution in [0.15, 0.2) is 18.2 Å². The van der Waals surface area contributed by atoms with E-state index in [0.29, 0.717) is 24.6 Å². The maximum atomic E-state index is 5.78. The van der Waals surface area contributed by atoms with Gasteiger partial charge in [-0.15, -0.1) is 0 Å². The molecule has 0 aliphatic heterocycles. The fourth-order valence-electron chi connectivity index (χ4n) is 2.26. The first-order valence-corrected chi connectivity index (χ1v) is 7.53. The summed E-state index contributed by atoms with van der Waals surface area (Å²) in [6.45, 7) is 8.27. The maximum Gasteiger partial charge on any atom is 0.178 e. The number of nitrogens with zero attached hydrogens (tertiary/aromatic N) is 1. The number of H-pyrrole nitrogens is 1. The number of hydrogen-bond acceptors (Lipinski definition) is 3. The molecule has 1 heterocycles. The topological polar surface area (TPSA) is 39.2 Å². The van der Waals surface area contributed by atoms with E-state index in [9.17, 15) is 0 Å². The molecule has 1 aromatic carbocycles. The van der Waals surface area contributed by atoms with E-state index < -0.39 is 0 Å². The molecule has 0 bridgehead atoms. The summed E-state index contributed by atoms with van der Waals surface area (Å²) in [7, 11) is 0. The van der Waals surface area contributed by atoms with Gasteiger partial charge in [-0.25, -0.2) is 0 Å². The van der Waals surface area contributed by atoms with Crippen molar-refractivity contribution in [3.05, 3.63) is 23.0 Å². The van der Waals surface area contributed by atoms with Crippen LogP contribution >= 0.6 is 12.2 Å². The van der Waals surface area contributed by atoms with E-state index in [0.717, 1.165) is 23.2 Å². The highest BCUT2D eigenvalue weighted by Crippen LogP contribution is 2.27. The van der Waals surface area contributed by atoms with Crippen LogP contribution in [0.4, 0.5) is 0 Å². The largest absolute Gasteiger partial charge is 0.491 e. The number of rotatable bonds is 7. The molecule has 5 heteroatoms. The van der Waals surface area contributed by atoms with Crippen LogP contribution in [-0.4, -0.2) is 29.4 Å². The van der Waals surface area contributed by atoms with Gasteiger partial charge in [0.15, 0.2) is 4.77 Å². The average molecular weight is 294 g/mol. The van der Waals surface area contributed by atoms with Crippen molar-refractivity contribution in [2.24, 2.45) is 0 Å². The number of aromatic amines is 1. The second kappa shape index (κ2) is 6.90. The molecule has 2 rings (SSSR count). The Bertz CT molecular complexity index is 618. The number of ether oxygens (including phenoxy) is 2. The summed E-state index contributed by atoms with van der Waals surface area (Å²) in [6, 6.07) is 6.22. The zero-order chi connectivity index (χ0) is 14.5. The number of para-hydroxylation sites is 1. The minimum absolute atomic E-state index is 0.192. The summed E-state index contributed by atoms with van der Waals surface area (Å²) in [4.78, 5) is 3.26. The quantitative estimate of drug-likeness (QED) is 0.782. The molecule has 0 saturated heterocycles. The molecule has 1 atom stereocenters. The van der Waals surface area contributed by atoms with Gasteiger partial charge in [0, 0.05) is 6.61 Å². The molecular formula is C15H22N2O2S. The molecule has 0 fully saturated rings. The predicted octanol–water partition coefficient (Wildman–Crippen LogP) is 4.09. The lowest BCUT2D eigenvalue weighted by Crippen LogP contribution is -2.12. The van der Waals surface area contributed by atoms with Crippen molar-refractivity contribution in [1.82, 2.24) is 9.55 Å². The van der Waals surface area contributed by atoms with E-state index in [1.54, 1.807) is 0 Å². The number of fused-ring (bicyclic) bond motifs is 1. The first-order valence-electron chi connectivity index (χ1n) is 7.12. The van der Waals surface area contributed by atoms with Crippen LogP contribution < -0.4 is 4.74 Å². The fraction of sp³-hybridized carbons (Fsp3) is 0.533. The fourth-order valence-corrected chi connectivity index (χ4v) is 2.64. The van der Waals surface area contributed by atoms with Crippen molar-refractivity contribution in [2.75, 3.05) is 19.8 Å². The molecule has 0 saturated carbocycles. The Morgan fingerprint density at radius 1 is 1.35 bits per heavy atom. The Morgan fingerprint density at radius 2 is 2.15 bits per heavy atom. The monoisotopic (exact) mass is 294 g/mol. The molecule has 2 aromatic rings. The highest BCUT2D eigenvalue weighted by molar-refractivity contribution is 7.71. The van der Waals surface area contributed by atoms with Crippen LogP contribution in [0.25, 0.3) is 11.0 Å². The molecule has 110 valence electrons. The predicted molar refractivity (Wildman–Crippen MR) is 84.1 cm³/mol. The molecule has 0 radical (unpaired) electrons. The van der Waals surface area contributed by atoms with Crippen LogP contribution in [0.1, 0.15) is 33.2 Å². The van der Waals surface area contributed by atoms with Crippen molar-refractivity contribution in [3.63, 3.8) is 0 Å². The van der Waals surface area contributed by atoms with Crippen LogP contribution in [0.5, 0.6) is 5.75 Å². The Labute approximate surface area is 124 Å². The molecule has 0 amide bonds. The second-order valence-corrected chi connectivity index (χ2v) is 5.19. The van der Waals surface area contributed by atoms with E-state index in [1.165, 1.54) is 0 Å². The molecule has 20 heavy (non-hydrogen) atoms. The minimum Gasteiger partial charge on any atom is -0.491 e. The van der Waals surface area contributed by atoms with Gasteiger partial charge in [0.1, 0.15) is 11.3 Å². The number of benzene rings is 1. The van der Waals surface area contributed by atoms with Gasteiger partial charge in [-0.05, 0) is 44.6 Å². The minimum atomic E-state index is 0.192. The lowest BCUT2D eigenvalue weighted by molar-refractivity contribution is 0.119. The first-order chi connectivity index (χ1) is 9.69. The Kier molecular flexibility index (Phi) is 5.20. The number of nitrogens with one attached hydrogen (secondary N) is 1. The van der Waals surface area contributed by atoms with Gasteiger partial charge in [-0.2, -0.15) is 0 Å². The van der Waals surface area contributed by atoms with Crippen molar-refractivity contribution in [2.45, 2.75) is 33.2 Å². The van der Waals surface area contributed by atoms with E-state index in [2.05, 4.69) is 29.5 Å². The molecular weight excluding hydrogens is 272 g/mol. The number of imidazole rings is 1. The van der Waals surface area contributed by atoms with Crippen molar-refractivity contribution in [1.29, 1.82) is 0 Å². The summed E-state index contributed by atoms with van der Waals surface area (Å²) in [5.74, 6) is 0.859. The third-order valence-electron chi connectivity index (χ3n) is 3.18. The maximum absolute atomic E-state index is 5.78. The third kappa shape index (κ3) is 3.04. The van der Waals surface area contributed by atoms with Gasteiger partial charge < -0.3 is 19.0 Å². The van der Waals surface area contributed by atoms with Gasteiger partial charge in [0.05, 0.1) is 24.8 Å². The Morgan fingerprint density at radius 3 is 2.85 bits per heavy atom. The highest BCUT2D eigenvalue weighted by Gasteiger charge is 2.13. The number of hydrogen-bond donors (Lipinski definition) is 1. The van der Waals surface area contributed by atoms with Crippen molar-refractivity contribution >= 4 is 23.3 Å². The van der Waals surface area contributed by atoms with Gasteiger partial charge in [0.25, 0.3) is 0 Å². The summed E-state index contributed by atoms with van der Waals surface area (Å²) in [5.41, 5.74) is 2.03. The SMILES string of the molecule is CCCOc1cccc2c1[nH]c(=S)n2C(C)COCC. The normalized spacial score (nSPS) is 12.8. The molecule has 1 unspecified atom stereocenters. The van der Waals surface area contributed by atoms with Crippen LogP contribution in [0.3, 0.4) is 0 Å². The lowest BCUT2D eigenvalue weighted by atomic mass is 10.2. The van der Waals surface area contributed by atoms with E-state index >= 15 is 0 Å². The molecule has 0 aliphatic rings. The lowest BCUT2D eigenvalue weighted by Gasteiger charge is -2.14. The summed E-state index contributed by atoms with van der Waals surface area (Å²) < 4.78 is 14.1. The Balaban J connectivity index is 2.41. The van der Waals surface area contributed by atoms with Crippen LogP contribution in [0, 0.1) is 4.77 Å². The highest BCUT2D eigenvalue weighted by atomic mass is 32.1. The van der Waals surface area contributed by atoms with Gasteiger partial charge in [0.2, 0.25) is 0 Å². The average Bonchev–Trinajstić information content (AvgIpc) is 2.79. The zero-order valence-electron chi connectivity index (χ0n) is 12.3. The van der Waals surface area contributed by atoms with Crippen molar-refractivity contribution in [3.8, 4) is 5.75 Å². The molecule has 1 aromatic heterocycles. The standard InChI is InChI=1S/C15H22N2O2S/c1-4-9-19-13-8-6-7-12-14(13)16-15(20)17(12)11(3)10-18-5-2/h6-8,11H,4-5,9-10H2,1-3H3,(H,16,20). The number of aromatic nitrogens is 2. The van der Waals surface area contributed by atoms with Gasteiger partial charge >= 0.3 is 0 Å². The first kappa shape index (κ1) is 15.1. The van der Waals surface area contributed by atoms with E-state index in [1.807, 2.05) is 19.1 Å². The zero-order valence-corrected chi connectivity index (χ0v) is 13.1. The molecule has 1 N–H and O–H groups in total. The third-order valence-corrected chi connectivity index (χ3v) is 3.48. The van der Waals surface area contributed by atoms with Gasteiger partial charge in [-0.3, -0.25) is 0 Å². The summed E-state index contributed by atoms with van der Waals surface area (Å²) >= 11 is 5.45. The van der Waals surface area contributed by atoms with Crippen LogP contribution in [0.2, 0.25) is 0 Å². The second-order valence-electron chi connectivity index (χ2n) is 4.81. The van der Waals surface area contributed by atoms with Crippen molar-refractivity contribution < 1.29 is 9.47 Å². The summed E-state index contributed by atoms with van der Waals surface area (Å²) in [5, 5.41) is 0. The van der Waals surface area contributed by atoms with E-state index in [4.69, 9.17) is 21.7 Å². The summed E-state index contributed by atoms with van der Waals surface area (Å²) in [6.07, 6.45) is 0.985. The van der Waals surface area contributed by atoms with Crippen LogP contribution in [-0.2, 0) is 4.74 Å². The Hall–Kier alpha value is -1.33. The molecule has 4 nitrogen and oxygen atoms in total. The smallest absolute Gasteiger partial charge is 0.178 e.